The number of hydrogen-bond donors (Lipinski definition) is 0. The second-order valence-corrected chi connectivity index (χ2v) is 8.47. The molecule has 0 radical (unpaired) electrons. The number of halogens is 1. The smallest absolute Gasteiger partial charge is 0.344 e. The SMILES string of the molecule is O=S(=O)(Cl)/N=C1\OC(c2ccccc2)C(c2ccccc2)N1c1ccccc1. The van der Waals surface area contributed by atoms with Gasteiger partial charge in [-0.15, -0.1) is 0 Å². The summed E-state index contributed by atoms with van der Waals surface area (Å²) in [5.74, 6) is 0. The van der Waals surface area contributed by atoms with Crippen molar-refractivity contribution in [2.45, 2.75) is 12.1 Å². The van der Waals surface area contributed by atoms with Gasteiger partial charge in [0.2, 0.25) is 0 Å². The van der Waals surface area contributed by atoms with Gasteiger partial charge in [-0.1, -0.05) is 83.3 Å². The fourth-order valence-electron chi connectivity index (χ4n) is 3.37. The molecule has 1 aliphatic heterocycles. The van der Waals surface area contributed by atoms with Crippen LogP contribution < -0.4 is 4.90 Å². The van der Waals surface area contributed by atoms with E-state index in [1.54, 1.807) is 4.90 Å². The van der Waals surface area contributed by atoms with E-state index in [0.717, 1.165) is 16.8 Å². The number of benzene rings is 3. The van der Waals surface area contributed by atoms with Gasteiger partial charge in [0, 0.05) is 16.4 Å². The molecule has 4 rings (SSSR count). The Bertz CT molecular complexity index is 1070. The lowest BCUT2D eigenvalue weighted by atomic mass is 9.95. The molecule has 0 amide bonds. The predicted molar refractivity (Wildman–Crippen MR) is 111 cm³/mol. The molecule has 1 aliphatic rings. The van der Waals surface area contributed by atoms with E-state index in [4.69, 9.17) is 15.4 Å². The molecule has 3 aromatic carbocycles. The molecule has 142 valence electrons. The van der Waals surface area contributed by atoms with Crippen LogP contribution in [0.3, 0.4) is 0 Å². The highest BCUT2D eigenvalue weighted by Gasteiger charge is 2.43. The summed E-state index contributed by atoms with van der Waals surface area (Å²) in [6, 6.07) is 28.5. The van der Waals surface area contributed by atoms with Crippen molar-refractivity contribution < 1.29 is 13.2 Å². The van der Waals surface area contributed by atoms with Crippen molar-refractivity contribution in [2.24, 2.45) is 4.40 Å². The van der Waals surface area contributed by atoms with E-state index in [0.29, 0.717) is 0 Å². The van der Waals surface area contributed by atoms with Gasteiger partial charge in [0.05, 0.1) is 0 Å². The molecule has 0 saturated carbocycles. The molecule has 2 unspecified atom stereocenters. The number of para-hydroxylation sites is 1. The number of rotatable bonds is 4. The van der Waals surface area contributed by atoms with Crippen molar-refractivity contribution in [1.29, 1.82) is 0 Å². The van der Waals surface area contributed by atoms with Crippen LogP contribution in [0.4, 0.5) is 5.69 Å². The van der Waals surface area contributed by atoms with E-state index in [1.165, 1.54) is 0 Å². The van der Waals surface area contributed by atoms with Gasteiger partial charge in [-0.25, -0.2) is 0 Å². The summed E-state index contributed by atoms with van der Waals surface area (Å²) < 4.78 is 33.2. The fraction of sp³-hybridized carbons (Fsp3) is 0.0952. The van der Waals surface area contributed by atoms with Crippen molar-refractivity contribution in [2.75, 3.05) is 4.90 Å². The van der Waals surface area contributed by atoms with E-state index >= 15 is 0 Å². The molecular weight excluding hydrogens is 396 g/mol. The zero-order valence-electron chi connectivity index (χ0n) is 14.7. The van der Waals surface area contributed by atoms with Crippen molar-refractivity contribution in [3.8, 4) is 0 Å². The Hall–Kier alpha value is -2.83. The molecular formula is C21H17ClN2O3S. The third kappa shape index (κ3) is 3.88. The normalized spacial score (nSPS) is 20.9. The predicted octanol–water partition coefficient (Wildman–Crippen LogP) is 4.85. The molecule has 0 aromatic heterocycles. The topological polar surface area (TPSA) is 59.0 Å². The summed E-state index contributed by atoms with van der Waals surface area (Å²) in [5, 5.41) is 0. The van der Waals surface area contributed by atoms with Gasteiger partial charge in [-0.05, 0) is 23.3 Å². The molecule has 28 heavy (non-hydrogen) atoms. The van der Waals surface area contributed by atoms with E-state index in [2.05, 4.69) is 4.40 Å². The van der Waals surface area contributed by atoms with Crippen molar-refractivity contribution in [3.05, 3.63) is 102 Å². The van der Waals surface area contributed by atoms with Gasteiger partial charge >= 0.3 is 15.3 Å². The molecule has 0 bridgehead atoms. The highest BCUT2D eigenvalue weighted by Crippen LogP contribution is 2.45. The molecule has 1 heterocycles. The van der Waals surface area contributed by atoms with Crippen LogP contribution in [0.15, 0.2) is 95.4 Å². The van der Waals surface area contributed by atoms with Gasteiger partial charge in [0.15, 0.2) is 6.10 Å². The van der Waals surface area contributed by atoms with Gasteiger partial charge in [-0.2, -0.15) is 8.42 Å². The fourth-order valence-corrected chi connectivity index (χ4v) is 3.87. The average molecular weight is 413 g/mol. The van der Waals surface area contributed by atoms with E-state index in [-0.39, 0.29) is 12.1 Å². The molecule has 0 aliphatic carbocycles. The lowest BCUT2D eigenvalue weighted by molar-refractivity contribution is 0.206. The van der Waals surface area contributed by atoms with Gasteiger partial charge in [-0.3, -0.25) is 4.90 Å². The number of amidine groups is 1. The summed E-state index contributed by atoms with van der Waals surface area (Å²) in [6.45, 7) is 0. The standard InChI is InChI=1S/C21H17ClN2O3S/c22-28(25,26)23-21-24(18-14-8-3-9-15-18)19(16-10-4-1-5-11-16)20(27-21)17-12-6-2-7-13-17/h1-15,19-20H/b23-21-. The summed E-state index contributed by atoms with van der Waals surface area (Å²) >= 11 is 0. The minimum Gasteiger partial charge on any atom is -0.453 e. The molecule has 0 spiro atoms. The second kappa shape index (κ2) is 7.66. The largest absolute Gasteiger partial charge is 0.453 e. The first kappa shape index (κ1) is 18.5. The maximum Gasteiger partial charge on any atom is 0.344 e. The molecule has 5 nitrogen and oxygen atoms in total. The van der Waals surface area contributed by atoms with Crippen LogP contribution in [0.5, 0.6) is 0 Å². The average Bonchev–Trinajstić information content (AvgIpc) is 3.07. The molecule has 1 fully saturated rings. The van der Waals surface area contributed by atoms with Crippen molar-refractivity contribution in [1.82, 2.24) is 0 Å². The quantitative estimate of drug-likeness (QED) is 0.575. The molecule has 1 saturated heterocycles. The van der Waals surface area contributed by atoms with Crippen molar-refractivity contribution in [3.63, 3.8) is 0 Å². The highest BCUT2D eigenvalue weighted by molar-refractivity contribution is 8.12. The number of anilines is 1. The summed E-state index contributed by atoms with van der Waals surface area (Å²) in [4.78, 5) is 1.77. The molecule has 0 N–H and O–H groups in total. The molecule has 7 heteroatoms. The van der Waals surface area contributed by atoms with Crippen LogP contribution >= 0.6 is 10.7 Å². The summed E-state index contributed by atoms with van der Waals surface area (Å²) in [7, 11) is 1.27. The van der Waals surface area contributed by atoms with Crippen LogP contribution in [0, 0.1) is 0 Å². The Kier molecular flexibility index (Phi) is 5.07. The third-order valence-corrected chi connectivity index (χ3v) is 5.08. The number of ether oxygens (including phenoxy) is 1. The van der Waals surface area contributed by atoms with Crippen LogP contribution in [0.2, 0.25) is 0 Å². The zero-order valence-corrected chi connectivity index (χ0v) is 16.3. The Morgan fingerprint density at radius 1 is 0.786 bits per heavy atom. The summed E-state index contributed by atoms with van der Waals surface area (Å²) in [5.41, 5.74) is 2.64. The lowest BCUT2D eigenvalue weighted by Crippen LogP contribution is -2.29. The lowest BCUT2D eigenvalue weighted by Gasteiger charge is -2.26. The summed E-state index contributed by atoms with van der Waals surface area (Å²) in [6.07, 6.45) is -0.457. The van der Waals surface area contributed by atoms with E-state index in [1.807, 2.05) is 91.0 Å². The Balaban J connectivity index is 1.92. The Morgan fingerprint density at radius 2 is 1.29 bits per heavy atom. The van der Waals surface area contributed by atoms with E-state index < -0.39 is 15.3 Å². The zero-order chi connectivity index (χ0) is 19.6. The maximum atomic E-state index is 11.7. The van der Waals surface area contributed by atoms with Gasteiger partial charge in [0.25, 0.3) is 0 Å². The third-order valence-electron chi connectivity index (χ3n) is 4.49. The Morgan fingerprint density at radius 3 is 1.82 bits per heavy atom. The molecule has 3 aromatic rings. The minimum atomic E-state index is -4.17. The van der Waals surface area contributed by atoms with Crippen LogP contribution in [-0.4, -0.2) is 14.4 Å². The second-order valence-electron chi connectivity index (χ2n) is 6.30. The molecule has 2 atom stereocenters. The van der Waals surface area contributed by atoms with Crippen LogP contribution in [-0.2, 0) is 14.0 Å². The first-order chi connectivity index (χ1) is 13.5. The number of hydrogen-bond acceptors (Lipinski definition) is 3. The Labute approximate surface area is 168 Å². The monoisotopic (exact) mass is 412 g/mol. The maximum absolute atomic E-state index is 11.7. The van der Waals surface area contributed by atoms with Gasteiger partial charge in [0.1, 0.15) is 6.04 Å². The van der Waals surface area contributed by atoms with Crippen molar-refractivity contribution >= 4 is 31.6 Å². The number of nitrogens with zero attached hydrogens (tertiary/aromatic N) is 2. The van der Waals surface area contributed by atoms with Gasteiger partial charge < -0.3 is 4.74 Å². The highest BCUT2D eigenvalue weighted by atomic mass is 35.7. The van der Waals surface area contributed by atoms with Crippen LogP contribution in [0.1, 0.15) is 23.3 Å². The first-order valence-electron chi connectivity index (χ1n) is 8.68. The van der Waals surface area contributed by atoms with E-state index in [9.17, 15) is 8.42 Å². The first-order valence-corrected chi connectivity index (χ1v) is 10.9. The minimum absolute atomic E-state index is 0.0519. The van der Waals surface area contributed by atoms with Crippen LogP contribution in [0.25, 0.3) is 0 Å².